The van der Waals surface area contributed by atoms with E-state index in [0.29, 0.717) is 5.02 Å². The number of aryl methyl sites for hydroxylation is 1. The first-order valence-electron chi connectivity index (χ1n) is 6.95. The largest absolute Gasteiger partial charge is 0.508 e. The maximum absolute atomic E-state index is 9.59. The van der Waals surface area contributed by atoms with Crippen molar-refractivity contribution in [3.8, 4) is 17.1 Å². The lowest BCUT2D eigenvalue weighted by molar-refractivity contribution is 0.475. The van der Waals surface area contributed by atoms with Gasteiger partial charge in [-0.3, -0.25) is 0 Å². The van der Waals surface area contributed by atoms with Gasteiger partial charge >= 0.3 is 0 Å². The molecule has 1 aromatic heterocycles. The second-order valence-corrected chi connectivity index (χ2v) is 5.97. The molecule has 0 spiro atoms. The Bertz CT molecular complexity index is 821. The van der Waals surface area contributed by atoms with Crippen LogP contribution in [0.3, 0.4) is 0 Å². The van der Waals surface area contributed by atoms with Crippen LogP contribution in [0, 0.1) is 6.92 Å². The number of benzene rings is 2. The first kappa shape index (κ1) is 14.0. The van der Waals surface area contributed by atoms with Crippen molar-refractivity contribution in [2.45, 2.75) is 26.8 Å². The number of nitrogens with zero attached hydrogens (tertiary/aromatic N) is 2. The van der Waals surface area contributed by atoms with Crippen molar-refractivity contribution in [2.75, 3.05) is 0 Å². The zero-order valence-electron chi connectivity index (χ0n) is 12.3. The van der Waals surface area contributed by atoms with Gasteiger partial charge in [-0.05, 0) is 62.7 Å². The molecular weight excluding hydrogens is 284 g/mol. The summed E-state index contributed by atoms with van der Waals surface area (Å²) in [5, 5.41) is 10.3. The lowest BCUT2D eigenvalue weighted by Gasteiger charge is -2.14. The van der Waals surface area contributed by atoms with Gasteiger partial charge in [0.15, 0.2) is 0 Å². The van der Waals surface area contributed by atoms with Gasteiger partial charge in [0.05, 0.1) is 11.0 Å². The number of imidazole rings is 1. The monoisotopic (exact) mass is 300 g/mol. The molecule has 108 valence electrons. The van der Waals surface area contributed by atoms with Crippen LogP contribution in [0.1, 0.15) is 25.5 Å². The molecule has 21 heavy (non-hydrogen) atoms. The highest BCUT2D eigenvalue weighted by Gasteiger charge is 2.16. The van der Waals surface area contributed by atoms with Gasteiger partial charge in [-0.15, -0.1) is 0 Å². The molecule has 1 N–H and O–H groups in total. The Morgan fingerprint density at radius 2 is 1.90 bits per heavy atom. The minimum absolute atomic E-state index is 0.261. The molecule has 0 saturated heterocycles. The molecule has 3 aromatic rings. The number of aromatic nitrogens is 2. The third-order valence-electron chi connectivity index (χ3n) is 3.62. The van der Waals surface area contributed by atoms with Crippen molar-refractivity contribution in [1.29, 1.82) is 0 Å². The summed E-state index contributed by atoms with van der Waals surface area (Å²) in [5.74, 6) is 1.17. The summed E-state index contributed by atoms with van der Waals surface area (Å²) >= 11 is 6.13. The van der Waals surface area contributed by atoms with Gasteiger partial charge < -0.3 is 9.67 Å². The van der Waals surface area contributed by atoms with Gasteiger partial charge in [-0.25, -0.2) is 4.98 Å². The fourth-order valence-corrected chi connectivity index (χ4v) is 2.84. The molecule has 4 heteroatoms. The normalized spacial score (nSPS) is 11.5. The Hall–Kier alpha value is -2.00. The van der Waals surface area contributed by atoms with Crippen LogP contribution < -0.4 is 0 Å². The fourth-order valence-electron chi connectivity index (χ4n) is 2.68. The van der Waals surface area contributed by atoms with Crippen LogP contribution in [0.15, 0.2) is 36.4 Å². The Morgan fingerprint density at radius 3 is 2.57 bits per heavy atom. The minimum atomic E-state index is 0.261. The maximum atomic E-state index is 9.59. The Balaban J connectivity index is 2.34. The first-order valence-corrected chi connectivity index (χ1v) is 7.32. The Kier molecular flexibility index (Phi) is 3.38. The number of hydrogen-bond donors (Lipinski definition) is 1. The number of phenolic OH excluding ortho intramolecular Hbond substituents is 1. The number of phenols is 1. The van der Waals surface area contributed by atoms with Crippen molar-refractivity contribution in [2.24, 2.45) is 0 Å². The molecule has 3 nitrogen and oxygen atoms in total. The van der Waals surface area contributed by atoms with Gasteiger partial charge in [0.2, 0.25) is 0 Å². The van der Waals surface area contributed by atoms with E-state index in [1.165, 1.54) is 0 Å². The number of aromatic hydroxyl groups is 1. The molecule has 0 fully saturated rings. The van der Waals surface area contributed by atoms with E-state index in [1.807, 2.05) is 31.2 Å². The van der Waals surface area contributed by atoms with Crippen LogP contribution in [-0.2, 0) is 0 Å². The van der Waals surface area contributed by atoms with Gasteiger partial charge in [0.25, 0.3) is 0 Å². The minimum Gasteiger partial charge on any atom is -0.508 e. The van der Waals surface area contributed by atoms with Gasteiger partial charge in [0, 0.05) is 16.6 Å². The molecule has 0 unspecified atom stereocenters. The highest BCUT2D eigenvalue weighted by molar-refractivity contribution is 6.31. The predicted octanol–water partition coefficient (Wildman–Crippen LogP) is 4.95. The molecule has 0 saturated carbocycles. The van der Waals surface area contributed by atoms with E-state index in [9.17, 15) is 5.11 Å². The molecule has 0 aliphatic heterocycles. The lowest BCUT2D eigenvalue weighted by Crippen LogP contribution is -2.03. The Labute approximate surface area is 128 Å². The first-order chi connectivity index (χ1) is 9.97. The number of fused-ring (bicyclic) bond motifs is 1. The van der Waals surface area contributed by atoms with E-state index in [-0.39, 0.29) is 11.8 Å². The van der Waals surface area contributed by atoms with Gasteiger partial charge in [0.1, 0.15) is 11.6 Å². The average molecular weight is 301 g/mol. The van der Waals surface area contributed by atoms with Crippen LogP contribution >= 0.6 is 11.6 Å². The summed E-state index contributed by atoms with van der Waals surface area (Å²) in [6.07, 6.45) is 0. The molecule has 0 radical (unpaired) electrons. The van der Waals surface area contributed by atoms with E-state index in [0.717, 1.165) is 28.0 Å². The molecule has 0 atom stereocenters. The summed E-state index contributed by atoms with van der Waals surface area (Å²) in [7, 11) is 0. The zero-order valence-corrected chi connectivity index (χ0v) is 13.0. The Morgan fingerprint density at radius 1 is 1.14 bits per heavy atom. The second-order valence-electron chi connectivity index (χ2n) is 5.53. The highest BCUT2D eigenvalue weighted by atomic mass is 35.5. The summed E-state index contributed by atoms with van der Waals surface area (Å²) in [6, 6.07) is 11.4. The van der Waals surface area contributed by atoms with Crippen LogP contribution in [-0.4, -0.2) is 14.7 Å². The standard InChI is InChI=1S/C17H17ClN2O/c1-10(2)20-16-9-12(18)4-7-15(16)19-17(20)14-6-5-13(21)8-11(14)3/h4-10,21H,1-3H3. The quantitative estimate of drug-likeness (QED) is 0.727. The van der Waals surface area contributed by atoms with Gasteiger partial charge in [-0.2, -0.15) is 0 Å². The van der Waals surface area contributed by atoms with Crippen LogP contribution in [0.5, 0.6) is 5.75 Å². The summed E-state index contributed by atoms with van der Waals surface area (Å²) in [6.45, 7) is 6.23. The molecule has 0 aliphatic rings. The molecule has 1 heterocycles. The van der Waals surface area contributed by atoms with Crippen LogP contribution in [0.4, 0.5) is 0 Å². The van der Waals surface area contributed by atoms with Crippen LogP contribution in [0.25, 0.3) is 22.4 Å². The molecule has 0 aliphatic carbocycles. The molecular formula is C17H17ClN2O. The van der Waals surface area contributed by atoms with Crippen molar-refractivity contribution in [3.05, 3.63) is 47.0 Å². The van der Waals surface area contributed by atoms with E-state index in [2.05, 4.69) is 18.4 Å². The van der Waals surface area contributed by atoms with E-state index >= 15 is 0 Å². The third kappa shape index (κ3) is 2.38. The van der Waals surface area contributed by atoms with Crippen molar-refractivity contribution < 1.29 is 5.11 Å². The van der Waals surface area contributed by atoms with Crippen LogP contribution in [0.2, 0.25) is 5.02 Å². The molecule has 3 rings (SSSR count). The second kappa shape index (κ2) is 5.08. The highest BCUT2D eigenvalue weighted by Crippen LogP contribution is 2.32. The fraction of sp³-hybridized carbons (Fsp3) is 0.235. The number of rotatable bonds is 2. The summed E-state index contributed by atoms with van der Waals surface area (Å²) in [4.78, 5) is 4.76. The van der Waals surface area contributed by atoms with Crippen molar-refractivity contribution >= 4 is 22.6 Å². The third-order valence-corrected chi connectivity index (χ3v) is 3.85. The molecule has 0 amide bonds. The zero-order chi connectivity index (χ0) is 15.1. The maximum Gasteiger partial charge on any atom is 0.141 e. The summed E-state index contributed by atoms with van der Waals surface area (Å²) < 4.78 is 2.18. The van der Waals surface area contributed by atoms with Gasteiger partial charge in [-0.1, -0.05) is 11.6 Å². The SMILES string of the molecule is Cc1cc(O)ccc1-c1nc2ccc(Cl)cc2n1C(C)C. The van der Waals surface area contributed by atoms with E-state index in [1.54, 1.807) is 12.1 Å². The summed E-state index contributed by atoms with van der Waals surface area (Å²) in [5.41, 5.74) is 3.97. The lowest BCUT2D eigenvalue weighted by atomic mass is 10.1. The average Bonchev–Trinajstić information content (AvgIpc) is 2.76. The smallest absolute Gasteiger partial charge is 0.141 e. The van der Waals surface area contributed by atoms with E-state index in [4.69, 9.17) is 16.6 Å². The van der Waals surface area contributed by atoms with E-state index < -0.39 is 0 Å². The van der Waals surface area contributed by atoms with Crippen molar-refractivity contribution in [1.82, 2.24) is 9.55 Å². The number of hydrogen-bond acceptors (Lipinski definition) is 2. The van der Waals surface area contributed by atoms with Crippen molar-refractivity contribution in [3.63, 3.8) is 0 Å². The predicted molar refractivity (Wildman–Crippen MR) is 87.0 cm³/mol. The molecule has 2 aromatic carbocycles. The topological polar surface area (TPSA) is 38.1 Å². The molecule has 0 bridgehead atoms. The number of halogens is 1.